The summed E-state index contributed by atoms with van der Waals surface area (Å²) in [7, 11) is 0. The second-order valence-corrected chi connectivity index (χ2v) is 4.84. The van der Waals surface area contributed by atoms with Crippen LogP contribution in [-0.2, 0) is 11.3 Å². The molecule has 0 saturated carbocycles. The van der Waals surface area contributed by atoms with Gasteiger partial charge in [0.15, 0.2) is 4.77 Å². The maximum absolute atomic E-state index is 12.4. The molecule has 0 unspecified atom stereocenters. The highest BCUT2D eigenvalue weighted by molar-refractivity contribution is 7.71. The molecule has 2 aromatic heterocycles. The molecule has 0 aliphatic heterocycles. The number of aromatic amines is 2. The molecule has 3 aromatic rings. The average Bonchev–Trinajstić information content (AvgIpc) is 2.77. The van der Waals surface area contributed by atoms with E-state index in [0.717, 1.165) is 10.9 Å². The molecular formula is C13H11N3O3S. The van der Waals surface area contributed by atoms with E-state index in [2.05, 4.69) is 9.97 Å². The van der Waals surface area contributed by atoms with E-state index in [1.54, 1.807) is 0 Å². The number of carboxylic acid groups (broad SMARTS) is 1. The van der Waals surface area contributed by atoms with Crippen LogP contribution in [0.2, 0.25) is 0 Å². The van der Waals surface area contributed by atoms with Gasteiger partial charge in [-0.1, -0.05) is 18.2 Å². The van der Waals surface area contributed by atoms with E-state index in [0.29, 0.717) is 11.0 Å². The Balaban J connectivity index is 2.30. The summed E-state index contributed by atoms with van der Waals surface area (Å²) < 4.78 is 1.50. The number of carboxylic acids is 1. The zero-order chi connectivity index (χ0) is 14.3. The molecule has 1 aromatic carbocycles. The molecule has 0 amide bonds. The second-order valence-electron chi connectivity index (χ2n) is 4.45. The summed E-state index contributed by atoms with van der Waals surface area (Å²) in [6.45, 7) is 0.0504. The quantitative estimate of drug-likeness (QED) is 0.643. The SMILES string of the molecule is O=C(O)CCn1c(=S)[nH]c2c([nH]c3ccccc32)c1=O. The van der Waals surface area contributed by atoms with Crippen molar-refractivity contribution >= 4 is 40.1 Å². The summed E-state index contributed by atoms with van der Waals surface area (Å²) in [6, 6.07) is 7.51. The van der Waals surface area contributed by atoms with Gasteiger partial charge in [0.25, 0.3) is 5.56 Å². The van der Waals surface area contributed by atoms with E-state index in [-0.39, 0.29) is 23.3 Å². The largest absolute Gasteiger partial charge is 0.481 e. The standard InChI is InChI=1S/C13H11N3O3S/c17-9(18)5-6-16-12(19)11-10(15-13(16)20)7-3-1-2-4-8(7)14-11/h1-4,14H,5-6H2,(H,15,20)(H,17,18). The Morgan fingerprint density at radius 3 is 2.75 bits per heavy atom. The molecule has 0 bridgehead atoms. The Morgan fingerprint density at radius 1 is 1.25 bits per heavy atom. The average molecular weight is 289 g/mol. The third-order valence-electron chi connectivity index (χ3n) is 3.19. The van der Waals surface area contributed by atoms with Gasteiger partial charge in [0.2, 0.25) is 0 Å². The number of rotatable bonds is 3. The van der Waals surface area contributed by atoms with Crippen molar-refractivity contribution in [3.8, 4) is 0 Å². The van der Waals surface area contributed by atoms with E-state index < -0.39 is 5.97 Å². The van der Waals surface area contributed by atoms with Crippen LogP contribution in [-0.4, -0.2) is 25.6 Å². The van der Waals surface area contributed by atoms with Crippen LogP contribution in [0.15, 0.2) is 29.1 Å². The molecule has 0 atom stereocenters. The summed E-state index contributed by atoms with van der Waals surface area (Å²) >= 11 is 5.15. The zero-order valence-electron chi connectivity index (χ0n) is 10.3. The minimum Gasteiger partial charge on any atom is -0.481 e. The van der Waals surface area contributed by atoms with Crippen LogP contribution in [0.25, 0.3) is 21.9 Å². The number of hydrogen-bond donors (Lipinski definition) is 3. The number of H-pyrrole nitrogens is 2. The molecule has 20 heavy (non-hydrogen) atoms. The Hall–Kier alpha value is -2.41. The fourth-order valence-electron chi connectivity index (χ4n) is 2.24. The van der Waals surface area contributed by atoms with Crippen molar-refractivity contribution < 1.29 is 9.90 Å². The van der Waals surface area contributed by atoms with Crippen LogP contribution < -0.4 is 5.56 Å². The number of nitrogens with one attached hydrogen (secondary N) is 2. The third-order valence-corrected chi connectivity index (χ3v) is 3.51. The van der Waals surface area contributed by atoms with Gasteiger partial charge in [-0.3, -0.25) is 14.2 Å². The Labute approximate surface area is 117 Å². The first-order valence-electron chi connectivity index (χ1n) is 6.03. The minimum absolute atomic E-state index is 0.0504. The zero-order valence-corrected chi connectivity index (χ0v) is 11.2. The normalized spacial score (nSPS) is 11.2. The topological polar surface area (TPSA) is 90.9 Å². The number of benzene rings is 1. The number of hydrogen-bond acceptors (Lipinski definition) is 3. The van der Waals surface area contributed by atoms with Gasteiger partial charge in [-0.15, -0.1) is 0 Å². The van der Waals surface area contributed by atoms with Crippen LogP contribution in [0.3, 0.4) is 0 Å². The summed E-state index contributed by atoms with van der Waals surface area (Å²) in [5, 5.41) is 9.60. The first kappa shape index (κ1) is 12.6. The molecule has 3 rings (SSSR count). The van der Waals surface area contributed by atoms with Gasteiger partial charge < -0.3 is 15.1 Å². The van der Waals surface area contributed by atoms with E-state index >= 15 is 0 Å². The molecule has 3 N–H and O–H groups in total. The number of fused-ring (bicyclic) bond motifs is 3. The lowest BCUT2D eigenvalue weighted by Gasteiger charge is -2.04. The van der Waals surface area contributed by atoms with Crippen molar-refractivity contribution in [3.05, 3.63) is 39.4 Å². The summed E-state index contributed by atoms with van der Waals surface area (Å²) in [6.07, 6.45) is -0.150. The molecule has 0 fully saturated rings. The fraction of sp³-hybridized carbons (Fsp3) is 0.154. The summed E-state index contributed by atoms with van der Waals surface area (Å²) in [5.74, 6) is -0.969. The van der Waals surface area contributed by atoms with E-state index in [4.69, 9.17) is 17.3 Å². The lowest BCUT2D eigenvalue weighted by Crippen LogP contribution is -2.23. The van der Waals surface area contributed by atoms with Gasteiger partial charge >= 0.3 is 5.97 Å². The van der Waals surface area contributed by atoms with Gasteiger partial charge in [-0.05, 0) is 18.3 Å². The number of aliphatic carboxylic acids is 1. The van der Waals surface area contributed by atoms with Crippen molar-refractivity contribution in [1.29, 1.82) is 0 Å². The van der Waals surface area contributed by atoms with Gasteiger partial charge in [-0.2, -0.15) is 0 Å². The Morgan fingerprint density at radius 2 is 2.00 bits per heavy atom. The molecule has 0 aliphatic rings. The predicted molar refractivity (Wildman–Crippen MR) is 77.5 cm³/mol. The number of para-hydroxylation sites is 1. The molecule has 6 nitrogen and oxygen atoms in total. The lowest BCUT2D eigenvalue weighted by atomic mass is 10.2. The van der Waals surface area contributed by atoms with Crippen LogP contribution in [0.5, 0.6) is 0 Å². The first-order valence-corrected chi connectivity index (χ1v) is 6.44. The van der Waals surface area contributed by atoms with E-state index in [9.17, 15) is 9.59 Å². The highest BCUT2D eigenvalue weighted by Crippen LogP contribution is 2.20. The monoisotopic (exact) mass is 289 g/mol. The third kappa shape index (κ3) is 1.92. The molecule has 0 spiro atoms. The molecule has 0 radical (unpaired) electrons. The minimum atomic E-state index is -0.969. The molecule has 7 heteroatoms. The highest BCUT2D eigenvalue weighted by atomic mass is 32.1. The number of nitrogens with zero attached hydrogens (tertiary/aromatic N) is 1. The summed E-state index contributed by atoms with van der Waals surface area (Å²) in [5.41, 5.74) is 1.59. The van der Waals surface area contributed by atoms with Gasteiger partial charge in [0.1, 0.15) is 5.52 Å². The fourth-order valence-corrected chi connectivity index (χ4v) is 2.52. The molecule has 2 heterocycles. The van der Waals surface area contributed by atoms with Crippen molar-refractivity contribution in [2.75, 3.05) is 0 Å². The van der Waals surface area contributed by atoms with E-state index in [1.807, 2.05) is 24.3 Å². The maximum atomic E-state index is 12.4. The van der Waals surface area contributed by atoms with Gasteiger partial charge in [-0.25, -0.2) is 0 Å². The molecule has 0 saturated heterocycles. The Bertz CT molecular complexity index is 935. The van der Waals surface area contributed by atoms with Crippen molar-refractivity contribution in [2.45, 2.75) is 13.0 Å². The second kappa shape index (κ2) is 4.61. The number of carbonyl (C=O) groups is 1. The predicted octanol–water partition coefficient (Wildman–Crippen LogP) is 2.02. The Kier molecular flexibility index (Phi) is 2.90. The smallest absolute Gasteiger partial charge is 0.305 e. The van der Waals surface area contributed by atoms with Crippen LogP contribution in [0, 0.1) is 4.77 Å². The van der Waals surface area contributed by atoms with Crippen LogP contribution in [0.1, 0.15) is 6.42 Å². The highest BCUT2D eigenvalue weighted by Gasteiger charge is 2.11. The molecule has 0 aliphatic carbocycles. The van der Waals surface area contributed by atoms with Crippen molar-refractivity contribution in [3.63, 3.8) is 0 Å². The van der Waals surface area contributed by atoms with Crippen LogP contribution >= 0.6 is 12.2 Å². The maximum Gasteiger partial charge on any atom is 0.305 e. The van der Waals surface area contributed by atoms with E-state index in [1.165, 1.54) is 4.57 Å². The van der Waals surface area contributed by atoms with Gasteiger partial charge in [0.05, 0.1) is 11.9 Å². The number of aromatic nitrogens is 3. The lowest BCUT2D eigenvalue weighted by molar-refractivity contribution is -0.137. The molecule has 102 valence electrons. The first-order chi connectivity index (χ1) is 9.58. The van der Waals surface area contributed by atoms with Gasteiger partial charge in [0, 0.05) is 17.4 Å². The molecular weight excluding hydrogens is 278 g/mol. The van der Waals surface area contributed by atoms with Crippen LogP contribution in [0.4, 0.5) is 0 Å². The van der Waals surface area contributed by atoms with Crippen molar-refractivity contribution in [1.82, 2.24) is 14.5 Å². The van der Waals surface area contributed by atoms with Crippen molar-refractivity contribution in [2.24, 2.45) is 0 Å². The summed E-state index contributed by atoms with van der Waals surface area (Å²) in [4.78, 5) is 29.1.